The molecule has 13 heteroatoms. The molecule has 0 spiro atoms. The summed E-state index contributed by atoms with van der Waals surface area (Å²) in [4.78, 5) is 34.0. The van der Waals surface area contributed by atoms with Crippen LogP contribution in [0.4, 0.5) is 8.78 Å². The van der Waals surface area contributed by atoms with Crippen LogP contribution < -0.4 is 11.2 Å². The molecule has 0 bridgehead atoms. The van der Waals surface area contributed by atoms with Crippen molar-refractivity contribution >= 4 is 57.7 Å². The smallest absolute Gasteiger partial charge is 0.303 e. The third-order valence-electron chi connectivity index (χ3n) is 3.07. The fourth-order valence-corrected chi connectivity index (χ4v) is 3.73. The zero-order valence-corrected chi connectivity index (χ0v) is 15.9. The molecule has 0 radical (unpaired) electrons. The Balaban J connectivity index is 2.15. The van der Waals surface area contributed by atoms with Gasteiger partial charge in [0.1, 0.15) is 21.0 Å². The molecule has 6 nitrogen and oxygen atoms in total. The summed E-state index contributed by atoms with van der Waals surface area (Å²) < 4.78 is 27.0. The number of pyridine rings is 1. The van der Waals surface area contributed by atoms with E-state index < -0.39 is 27.3 Å². The lowest BCUT2D eigenvalue weighted by Gasteiger charge is -2.10. The van der Waals surface area contributed by atoms with E-state index in [2.05, 4.69) is 9.97 Å². The second-order valence-corrected chi connectivity index (χ2v) is 7.24. The molecule has 0 atom stereocenters. The van der Waals surface area contributed by atoms with Crippen LogP contribution >= 0.6 is 57.7 Å². The summed E-state index contributed by atoms with van der Waals surface area (Å²) in [6.45, 7) is 0. The minimum Gasteiger partial charge on any atom is -0.303 e. The number of alkyl halides is 3. The van der Waals surface area contributed by atoms with Gasteiger partial charge in [-0.05, 0) is 23.7 Å². The number of aromatic nitrogens is 4. The summed E-state index contributed by atoms with van der Waals surface area (Å²) in [6, 6.07) is 2.95. The Morgan fingerprint density at radius 2 is 1.73 bits per heavy atom. The summed E-state index contributed by atoms with van der Waals surface area (Å²) >= 11 is 23.0. The van der Waals surface area contributed by atoms with Crippen LogP contribution in [0.15, 0.2) is 27.1 Å². The van der Waals surface area contributed by atoms with Crippen molar-refractivity contribution in [2.75, 3.05) is 0 Å². The van der Waals surface area contributed by atoms with Gasteiger partial charge in [0, 0.05) is 10.9 Å². The van der Waals surface area contributed by atoms with Crippen LogP contribution in [0.1, 0.15) is 5.69 Å². The predicted octanol–water partition coefficient (Wildman–Crippen LogP) is 4.29. The van der Waals surface area contributed by atoms with E-state index >= 15 is 0 Å². The lowest BCUT2D eigenvalue weighted by Crippen LogP contribution is -2.36. The van der Waals surface area contributed by atoms with Gasteiger partial charge in [0.05, 0.1) is 5.69 Å². The van der Waals surface area contributed by atoms with Gasteiger partial charge in [-0.15, -0.1) is 11.3 Å². The molecule has 3 aromatic heterocycles. The van der Waals surface area contributed by atoms with Crippen molar-refractivity contribution in [3.8, 4) is 16.4 Å². The van der Waals surface area contributed by atoms with Gasteiger partial charge in [-0.25, -0.2) is 19.3 Å². The van der Waals surface area contributed by atoms with E-state index in [4.69, 9.17) is 46.4 Å². The largest absolute Gasteiger partial charge is 0.364 e. The van der Waals surface area contributed by atoms with Gasteiger partial charge in [0.2, 0.25) is 5.13 Å². The van der Waals surface area contributed by atoms with Crippen molar-refractivity contribution < 1.29 is 8.78 Å². The van der Waals surface area contributed by atoms with Gasteiger partial charge in [0.25, 0.3) is 5.56 Å². The van der Waals surface area contributed by atoms with Crippen LogP contribution in [0.2, 0.25) is 15.3 Å². The third kappa shape index (κ3) is 3.63. The van der Waals surface area contributed by atoms with Gasteiger partial charge >= 0.3 is 11.1 Å². The molecule has 0 aliphatic heterocycles. The molecule has 0 saturated heterocycles. The quantitative estimate of drug-likeness (QED) is 0.467. The summed E-state index contributed by atoms with van der Waals surface area (Å²) in [5.74, 6) is 0. The highest BCUT2D eigenvalue weighted by atomic mass is 35.5. The number of H-pyrrole nitrogens is 1. The Morgan fingerprint density at radius 1 is 1.12 bits per heavy atom. The van der Waals surface area contributed by atoms with Crippen molar-refractivity contribution in [1.29, 1.82) is 0 Å². The first kappa shape index (κ1) is 19.2. The van der Waals surface area contributed by atoms with E-state index in [0.29, 0.717) is 15.8 Å². The van der Waals surface area contributed by atoms with E-state index in [0.717, 1.165) is 11.3 Å². The molecule has 0 saturated carbocycles. The first-order valence-electron chi connectivity index (χ1n) is 6.49. The molecule has 0 fully saturated rings. The summed E-state index contributed by atoms with van der Waals surface area (Å²) in [5, 5.41) is -3.27. The number of halogens is 6. The van der Waals surface area contributed by atoms with Crippen LogP contribution in [0.25, 0.3) is 16.4 Å². The molecule has 26 heavy (non-hydrogen) atoms. The number of aromatic amines is 1. The maximum absolute atomic E-state index is 13.2. The summed E-state index contributed by atoms with van der Waals surface area (Å²) in [7, 11) is 0. The van der Waals surface area contributed by atoms with Gasteiger partial charge in [-0.2, -0.15) is 8.78 Å². The fraction of sp³-hybridized carbons (Fsp3) is 0.0769. The number of rotatable bonds is 3. The van der Waals surface area contributed by atoms with E-state index in [1.165, 1.54) is 17.5 Å². The second-order valence-electron chi connectivity index (χ2n) is 4.77. The van der Waals surface area contributed by atoms with E-state index in [1.807, 2.05) is 0 Å². The van der Waals surface area contributed by atoms with Crippen molar-refractivity contribution in [2.24, 2.45) is 0 Å². The highest BCUT2D eigenvalue weighted by molar-refractivity contribution is 7.12. The van der Waals surface area contributed by atoms with Crippen LogP contribution in [-0.4, -0.2) is 19.5 Å². The van der Waals surface area contributed by atoms with E-state index in [1.54, 1.807) is 4.98 Å². The Bertz CT molecular complexity index is 1100. The van der Waals surface area contributed by atoms with Crippen LogP contribution in [0.3, 0.4) is 0 Å². The van der Waals surface area contributed by atoms with E-state index in [-0.39, 0.29) is 15.4 Å². The summed E-state index contributed by atoms with van der Waals surface area (Å²) in [6.07, 6.45) is 0. The number of nitrogens with zero attached hydrogens (tertiary/aromatic N) is 3. The first-order chi connectivity index (χ1) is 12.1. The highest BCUT2D eigenvalue weighted by Gasteiger charge is 2.34. The van der Waals surface area contributed by atoms with Crippen molar-refractivity contribution in [3.05, 3.63) is 59.4 Å². The molecule has 3 aromatic rings. The minimum absolute atomic E-state index is 0.0957. The molecule has 1 N–H and O–H groups in total. The van der Waals surface area contributed by atoms with Crippen molar-refractivity contribution in [3.63, 3.8) is 0 Å². The lowest BCUT2D eigenvalue weighted by atomic mass is 10.2. The maximum atomic E-state index is 13.2. The zero-order valence-electron chi connectivity index (χ0n) is 12.1. The maximum Gasteiger partial charge on any atom is 0.364 e. The fourth-order valence-electron chi connectivity index (χ4n) is 2.00. The molecule has 136 valence electrons. The molecular weight excluding hydrogens is 456 g/mol. The molecule has 0 aliphatic carbocycles. The van der Waals surface area contributed by atoms with Crippen molar-refractivity contribution in [2.45, 2.75) is 5.38 Å². The minimum atomic E-state index is -4.01. The normalized spacial score (nSPS) is 11.8. The number of hydrogen-bond acceptors (Lipinski definition) is 5. The van der Waals surface area contributed by atoms with Crippen LogP contribution in [-0.2, 0) is 5.38 Å². The highest BCUT2D eigenvalue weighted by Crippen LogP contribution is 2.33. The third-order valence-corrected chi connectivity index (χ3v) is 4.82. The van der Waals surface area contributed by atoms with Gasteiger partial charge in [-0.1, -0.05) is 34.8 Å². The number of thiazole rings is 1. The SMILES string of the molecule is O=c1[nH]c(C(F)(F)Cl)c(Cl)c(=O)n1-c1nc(-c2cc(Cl)nc(Cl)c2)cs1. The average Bonchev–Trinajstić information content (AvgIpc) is 2.98. The molecule has 3 heterocycles. The summed E-state index contributed by atoms with van der Waals surface area (Å²) in [5.41, 5.74) is -2.71. The number of nitrogens with one attached hydrogen (secondary N) is 1. The van der Waals surface area contributed by atoms with Crippen molar-refractivity contribution in [1.82, 2.24) is 19.5 Å². The Morgan fingerprint density at radius 3 is 2.31 bits per heavy atom. The standard InChI is InChI=1S/C13H4Cl4F2N4O2S/c14-6-1-4(2-7(15)21-6)5-3-26-12(20-5)23-10(24)8(16)9(13(17,18)19)22-11(23)25/h1-3H,(H,22,25). The van der Waals surface area contributed by atoms with Gasteiger partial charge in [-0.3, -0.25) is 4.79 Å². The first-order valence-corrected chi connectivity index (χ1v) is 8.88. The Labute approximate surface area is 167 Å². The second kappa shape index (κ2) is 6.90. The Kier molecular flexibility index (Phi) is 5.11. The van der Waals surface area contributed by atoms with Gasteiger partial charge in [0.15, 0.2) is 0 Å². The molecule has 0 aromatic carbocycles. The predicted molar refractivity (Wildman–Crippen MR) is 96.3 cm³/mol. The molecular formula is C13H4Cl4F2N4O2S. The monoisotopic (exact) mass is 458 g/mol. The molecule has 0 unspecified atom stereocenters. The zero-order chi connectivity index (χ0) is 19.2. The lowest BCUT2D eigenvalue weighted by molar-refractivity contribution is 0.0893. The average molecular weight is 460 g/mol. The Hall–Kier alpha value is -1.52. The van der Waals surface area contributed by atoms with Crippen LogP contribution in [0, 0.1) is 0 Å². The van der Waals surface area contributed by atoms with Crippen LogP contribution in [0.5, 0.6) is 0 Å². The van der Waals surface area contributed by atoms with E-state index in [9.17, 15) is 18.4 Å². The molecule has 0 amide bonds. The van der Waals surface area contributed by atoms with Gasteiger partial charge < -0.3 is 4.98 Å². The topological polar surface area (TPSA) is 80.6 Å². The number of hydrogen-bond donors (Lipinski definition) is 1. The molecule has 3 rings (SSSR count). The molecule has 0 aliphatic rings.